The standard InChI is InChI=1S/C18H22N2S.3C2H6/c1-5-16(15(4)21-7-3)14-20(6-2)18(13-19)17-11-9-8-10-12-17;3*1-2/h5,7-12,18H,1,3,6,14H2,2,4H3;3*1-2H3/b16-15+;;;/t18-;;;/m0.../s1. The molecule has 0 aromatic heterocycles. The Morgan fingerprint density at radius 3 is 2.00 bits per heavy atom. The Morgan fingerprint density at radius 1 is 1.11 bits per heavy atom. The fourth-order valence-corrected chi connectivity index (χ4v) is 2.68. The quantitative estimate of drug-likeness (QED) is 0.422. The fourth-order valence-electron chi connectivity index (χ4n) is 2.13. The number of rotatable bonds is 8. The third kappa shape index (κ3) is 12.3. The minimum atomic E-state index is -0.243. The molecule has 2 nitrogen and oxygen atoms in total. The molecule has 1 rings (SSSR count). The molecule has 1 atom stereocenters. The number of hydrogen-bond acceptors (Lipinski definition) is 3. The van der Waals surface area contributed by atoms with E-state index in [1.165, 1.54) is 4.91 Å². The Bertz CT molecular complexity index is 541. The number of thioether (sulfide) groups is 1. The van der Waals surface area contributed by atoms with Crippen molar-refractivity contribution in [3.05, 3.63) is 71.0 Å². The van der Waals surface area contributed by atoms with Crippen molar-refractivity contribution in [3.8, 4) is 6.07 Å². The molecule has 0 N–H and O–H groups in total. The highest BCUT2D eigenvalue weighted by molar-refractivity contribution is 8.05. The molecular formula is C24H40N2S. The van der Waals surface area contributed by atoms with Gasteiger partial charge in [-0.05, 0) is 34.9 Å². The number of nitriles is 1. The summed E-state index contributed by atoms with van der Waals surface area (Å²) < 4.78 is 0. The molecule has 0 aliphatic heterocycles. The topological polar surface area (TPSA) is 27.0 Å². The van der Waals surface area contributed by atoms with Gasteiger partial charge < -0.3 is 0 Å². The van der Waals surface area contributed by atoms with E-state index >= 15 is 0 Å². The molecule has 0 unspecified atom stereocenters. The zero-order valence-corrected chi connectivity index (χ0v) is 19.6. The second-order valence-electron chi connectivity index (χ2n) is 4.58. The van der Waals surface area contributed by atoms with Crippen LogP contribution in [-0.2, 0) is 0 Å². The molecule has 0 saturated heterocycles. The Hall–Kier alpha value is -1.76. The van der Waals surface area contributed by atoms with E-state index in [4.69, 9.17) is 0 Å². The summed E-state index contributed by atoms with van der Waals surface area (Å²) in [6, 6.07) is 12.1. The average Bonchev–Trinajstić information content (AvgIpc) is 2.76. The van der Waals surface area contributed by atoms with Gasteiger partial charge in [0.1, 0.15) is 6.04 Å². The van der Waals surface area contributed by atoms with Crippen LogP contribution in [0.5, 0.6) is 0 Å². The highest BCUT2D eigenvalue weighted by atomic mass is 32.2. The number of allylic oxidation sites excluding steroid dienone is 1. The Morgan fingerprint density at radius 2 is 1.63 bits per heavy atom. The number of nitrogens with zero attached hydrogens (tertiary/aromatic N) is 2. The molecule has 0 heterocycles. The van der Waals surface area contributed by atoms with Gasteiger partial charge in [-0.1, -0.05) is 98.0 Å². The molecule has 27 heavy (non-hydrogen) atoms. The summed E-state index contributed by atoms with van der Waals surface area (Å²) in [6.45, 7) is 25.3. The van der Waals surface area contributed by atoms with Gasteiger partial charge in [0, 0.05) is 6.54 Å². The highest BCUT2D eigenvalue weighted by Crippen LogP contribution is 2.25. The normalized spacial score (nSPS) is 11.0. The first-order chi connectivity index (χ1) is 13.2. The molecule has 0 fully saturated rings. The lowest BCUT2D eigenvalue weighted by Gasteiger charge is -2.27. The van der Waals surface area contributed by atoms with Crippen molar-refractivity contribution < 1.29 is 0 Å². The van der Waals surface area contributed by atoms with Crippen LogP contribution in [0.1, 0.15) is 67.0 Å². The monoisotopic (exact) mass is 388 g/mol. The van der Waals surface area contributed by atoms with Crippen molar-refractivity contribution in [2.45, 2.75) is 61.4 Å². The predicted octanol–water partition coefficient (Wildman–Crippen LogP) is 7.99. The maximum Gasteiger partial charge on any atom is 0.124 e. The molecule has 152 valence electrons. The number of hydrogen-bond donors (Lipinski definition) is 0. The minimum Gasteiger partial charge on any atom is -0.280 e. The van der Waals surface area contributed by atoms with E-state index < -0.39 is 0 Å². The summed E-state index contributed by atoms with van der Waals surface area (Å²) in [6.07, 6.45) is 1.87. The summed E-state index contributed by atoms with van der Waals surface area (Å²) in [5.41, 5.74) is 2.16. The molecule has 0 radical (unpaired) electrons. The van der Waals surface area contributed by atoms with Crippen LogP contribution in [0.15, 0.2) is 65.5 Å². The van der Waals surface area contributed by atoms with Gasteiger partial charge in [0.15, 0.2) is 0 Å². The summed E-state index contributed by atoms with van der Waals surface area (Å²) in [4.78, 5) is 3.32. The van der Waals surface area contributed by atoms with Crippen LogP contribution >= 0.6 is 11.8 Å². The van der Waals surface area contributed by atoms with Crippen LogP contribution in [0.4, 0.5) is 0 Å². The second kappa shape index (κ2) is 22.3. The highest BCUT2D eigenvalue weighted by Gasteiger charge is 2.19. The molecule has 0 amide bonds. The lowest BCUT2D eigenvalue weighted by Crippen LogP contribution is -2.29. The lowest BCUT2D eigenvalue weighted by atomic mass is 10.1. The molecule has 1 aromatic rings. The third-order valence-electron chi connectivity index (χ3n) is 3.34. The smallest absolute Gasteiger partial charge is 0.124 e. The Kier molecular flexibility index (Phi) is 24.7. The van der Waals surface area contributed by atoms with Gasteiger partial charge in [0.05, 0.1) is 6.07 Å². The Labute approximate surface area is 173 Å². The van der Waals surface area contributed by atoms with Crippen molar-refractivity contribution in [2.24, 2.45) is 0 Å². The zero-order chi connectivity index (χ0) is 21.7. The van der Waals surface area contributed by atoms with Crippen molar-refractivity contribution in [1.29, 1.82) is 5.26 Å². The maximum atomic E-state index is 9.55. The number of benzene rings is 1. The first kappa shape index (κ1) is 30.0. The molecule has 0 saturated carbocycles. The maximum absolute atomic E-state index is 9.55. The lowest BCUT2D eigenvalue weighted by molar-refractivity contribution is 0.272. The fraction of sp³-hybridized carbons (Fsp3) is 0.458. The van der Waals surface area contributed by atoms with Crippen LogP contribution in [0.3, 0.4) is 0 Å². The first-order valence-corrected chi connectivity index (χ1v) is 10.8. The van der Waals surface area contributed by atoms with Gasteiger partial charge in [-0.2, -0.15) is 5.26 Å². The van der Waals surface area contributed by atoms with Gasteiger partial charge in [0.25, 0.3) is 0 Å². The zero-order valence-electron chi connectivity index (χ0n) is 18.7. The van der Waals surface area contributed by atoms with Gasteiger partial charge in [-0.25, -0.2) is 0 Å². The van der Waals surface area contributed by atoms with Crippen LogP contribution in [0.25, 0.3) is 0 Å². The van der Waals surface area contributed by atoms with Crippen LogP contribution < -0.4 is 0 Å². The molecular weight excluding hydrogens is 348 g/mol. The van der Waals surface area contributed by atoms with E-state index in [1.807, 2.05) is 83.4 Å². The van der Waals surface area contributed by atoms with Crippen molar-refractivity contribution in [3.63, 3.8) is 0 Å². The van der Waals surface area contributed by atoms with Crippen molar-refractivity contribution >= 4 is 11.8 Å². The molecule has 1 aromatic carbocycles. The van der Waals surface area contributed by atoms with E-state index in [0.29, 0.717) is 6.54 Å². The van der Waals surface area contributed by atoms with E-state index in [-0.39, 0.29) is 6.04 Å². The van der Waals surface area contributed by atoms with Crippen LogP contribution in [0, 0.1) is 11.3 Å². The van der Waals surface area contributed by atoms with Gasteiger partial charge in [-0.3, -0.25) is 4.90 Å². The average molecular weight is 389 g/mol. The molecule has 0 spiro atoms. The SMILES string of the molecule is C=CS/C(C)=C(\C=C)CN(CC)[C@@H](C#N)c1ccccc1.CC.CC.CC. The summed E-state index contributed by atoms with van der Waals surface area (Å²) in [5.74, 6) is 0. The van der Waals surface area contributed by atoms with E-state index in [9.17, 15) is 5.26 Å². The van der Waals surface area contributed by atoms with Gasteiger partial charge in [-0.15, -0.1) is 11.8 Å². The first-order valence-electron chi connectivity index (χ1n) is 9.96. The summed E-state index contributed by atoms with van der Waals surface area (Å²) in [7, 11) is 0. The second-order valence-corrected chi connectivity index (χ2v) is 5.76. The summed E-state index contributed by atoms with van der Waals surface area (Å²) >= 11 is 1.59. The number of likely N-dealkylation sites (N-methyl/N-ethyl adjacent to an activating group) is 1. The van der Waals surface area contributed by atoms with E-state index in [0.717, 1.165) is 17.7 Å². The molecule has 0 bridgehead atoms. The van der Waals surface area contributed by atoms with Crippen molar-refractivity contribution in [1.82, 2.24) is 4.90 Å². The minimum absolute atomic E-state index is 0.243. The van der Waals surface area contributed by atoms with Crippen LogP contribution in [-0.4, -0.2) is 18.0 Å². The molecule has 0 aliphatic rings. The van der Waals surface area contributed by atoms with Crippen LogP contribution in [0.2, 0.25) is 0 Å². The van der Waals surface area contributed by atoms with Gasteiger partial charge in [0.2, 0.25) is 0 Å². The van der Waals surface area contributed by atoms with Crippen molar-refractivity contribution in [2.75, 3.05) is 13.1 Å². The largest absolute Gasteiger partial charge is 0.280 e. The summed E-state index contributed by atoms with van der Waals surface area (Å²) in [5, 5.41) is 11.4. The molecule has 0 aliphatic carbocycles. The predicted molar refractivity (Wildman–Crippen MR) is 127 cm³/mol. The molecule has 3 heteroatoms. The van der Waals surface area contributed by atoms with Gasteiger partial charge >= 0.3 is 0 Å². The third-order valence-corrected chi connectivity index (χ3v) is 4.12. The Balaban J connectivity index is -0.000000869. The van der Waals surface area contributed by atoms with E-state index in [1.54, 1.807) is 11.8 Å². The van der Waals surface area contributed by atoms with E-state index in [2.05, 4.69) is 38.0 Å².